The van der Waals surface area contributed by atoms with E-state index < -0.39 is 12.2 Å². The molecule has 0 heterocycles. The molecule has 0 aliphatic heterocycles. The Morgan fingerprint density at radius 1 is 1.13 bits per heavy atom. The maximum absolute atomic E-state index is 9.50. The molecule has 0 spiro atoms. The van der Waals surface area contributed by atoms with E-state index >= 15 is 0 Å². The minimum atomic E-state index is -1.53. The van der Waals surface area contributed by atoms with E-state index in [0.717, 1.165) is 0 Å². The Hall–Kier alpha value is -0.500. The first-order valence-corrected chi connectivity index (χ1v) is 5.01. The van der Waals surface area contributed by atoms with E-state index in [9.17, 15) is 5.11 Å². The minimum Gasteiger partial charge on any atom is -0.385 e. The summed E-state index contributed by atoms with van der Waals surface area (Å²) < 4.78 is 0. The molecule has 2 unspecified atom stereocenters. The summed E-state index contributed by atoms with van der Waals surface area (Å²) >= 11 is 17.1. The van der Waals surface area contributed by atoms with Gasteiger partial charge < -0.3 is 10.2 Å². The molecule has 0 aliphatic rings. The number of rotatable bonds is 2. The Balaban J connectivity index is 3.12. The summed E-state index contributed by atoms with van der Waals surface area (Å²) in [4.78, 5) is 0. The number of halogens is 3. The molecule has 1 aromatic carbocycles. The van der Waals surface area contributed by atoms with E-state index in [1.165, 1.54) is 18.2 Å². The van der Waals surface area contributed by atoms with Gasteiger partial charge in [-0.25, -0.2) is 0 Å². The van der Waals surface area contributed by atoms with Crippen molar-refractivity contribution in [1.82, 2.24) is 0 Å². The van der Waals surface area contributed by atoms with Crippen LogP contribution < -0.4 is 0 Å². The fraction of sp³-hybridized carbons (Fsp3) is 0.222. The van der Waals surface area contributed by atoms with Crippen molar-refractivity contribution in [2.75, 3.05) is 0 Å². The monoisotopic (exact) mass is 265 g/mol. The zero-order valence-electron chi connectivity index (χ0n) is 7.28. The maximum Gasteiger partial charge on any atom is 0.170 e. The van der Waals surface area contributed by atoms with E-state index in [2.05, 4.69) is 0 Å². The lowest BCUT2D eigenvalue weighted by Crippen LogP contribution is -2.15. The zero-order chi connectivity index (χ0) is 11.6. The smallest absolute Gasteiger partial charge is 0.170 e. The first-order chi connectivity index (χ1) is 6.97. The van der Waals surface area contributed by atoms with Crippen LogP contribution in [0.5, 0.6) is 0 Å². The predicted molar refractivity (Wildman–Crippen MR) is 58.1 cm³/mol. The highest BCUT2D eigenvalue weighted by Gasteiger charge is 2.19. The average molecular weight is 267 g/mol. The Kier molecular flexibility index (Phi) is 4.21. The molecule has 0 saturated carbocycles. The SMILES string of the molecule is N#CC(O)C(O)c1cc(Cl)c(Cl)c(Cl)c1. The van der Waals surface area contributed by atoms with Crippen molar-refractivity contribution in [2.24, 2.45) is 0 Å². The minimum absolute atomic E-state index is 0.156. The third kappa shape index (κ3) is 2.75. The molecule has 0 radical (unpaired) electrons. The maximum atomic E-state index is 9.50. The summed E-state index contributed by atoms with van der Waals surface area (Å²) in [5.74, 6) is 0. The molecule has 0 aliphatic carbocycles. The van der Waals surface area contributed by atoms with Crippen molar-refractivity contribution in [1.29, 1.82) is 5.26 Å². The number of aliphatic hydroxyl groups excluding tert-OH is 2. The summed E-state index contributed by atoms with van der Waals surface area (Å²) in [5, 5.41) is 27.5. The standard InChI is InChI=1S/C9H6Cl3NO2/c10-5-1-4(2-6(11)8(5)12)9(15)7(14)3-13/h1-2,7,9,14-15H. The van der Waals surface area contributed by atoms with Gasteiger partial charge in [0.05, 0.1) is 21.1 Å². The quantitative estimate of drug-likeness (QED) is 0.639. The van der Waals surface area contributed by atoms with Gasteiger partial charge in [-0.15, -0.1) is 0 Å². The normalized spacial score (nSPS) is 14.4. The summed E-state index contributed by atoms with van der Waals surface area (Å²) in [6.07, 6.45) is -2.89. The number of hydrogen-bond donors (Lipinski definition) is 2. The molecule has 0 saturated heterocycles. The highest BCUT2D eigenvalue weighted by atomic mass is 35.5. The van der Waals surface area contributed by atoms with Crippen LogP contribution >= 0.6 is 34.8 Å². The Labute approximate surface area is 101 Å². The molecular formula is C9H6Cl3NO2. The van der Waals surface area contributed by atoms with Crippen molar-refractivity contribution < 1.29 is 10.2 Å². The number of aliphatic hydroxyl groups is 2. The lowest BCUT2D eigenvalue weighted by Gasteiger charge is -2.13. The third-order valence-corrected chi connectivity index (χ3v) is 2.98. The molecular weight excluding hydrogens is 260 g/mol. The number of hydrogen-bond acceptors (Lipinski definition) is 3. The molecule has 0 aromatic heterocycles. The van der Waals surface area contributed by atoms with Crippen molar-refractivity contribution in [3.8, 4) is 6.07 Å². The molecule has 15 heavy (non-hydrogen) atoms. The first kappa shape index (κ1) is 12.6. The molecule has 0 bridgehead atoms. The van der Waals surface area contributed by atoms with Crippen LogP contribution in [-0.2, 0) is 0 Å². The van der Waals surface area contributed by atoms with Gasteiger partial charge in [-0.05, 0) is 17.7 Å². The Morgan fingerprint density at radius 3 is 2.00 bits per heavy atom. The van der Waals surface area contributed by atoms with E-state index in [0.29, 0.717) is 0 Å². The fourth-order valence-electron chi connectivity index (χ4n) is 0.999. The number of nitrogens with zero attached hydrogens (tertiary/aromatic N) is 1. The predicted octanol–water partition coefficient (Wildman–Crippen LogP) is 2.56. The van der Waals surface area contributed by atoms with Gasteiger partial charge in [0.1, 0.15) is 6.10 Å². The average Bonchev–Trinajstić information content (AvgIpc) is 2.23. The second-order valence-corrected chi connectivity index (χ2v) is 4.01. The molecule has 0 amide bonds. The van der Waals surface area contributed by atoms with Crippen LogP contribution in [0.3, 0.4) is 0 Å². The van der Waals surface area contributed by atoms with Crippen molar-refractivity contribution in [3.05, 3.63) is 32.8 Å². The van der Waals surface area contributed by atoms with Gasteiger partial charge in [0.15, 0.2) is 6.10 Å². The van der Waals surface area contributed by atoms with E-state index in [1.807, 2.05) is 0 Å². The number of nitriles is 1. The molecule has 0 fully saturated rings. The largest absolute Gasteiger partial charge is 0.385 e. The van der Waals surface area contributed by atoms with Gasteiger partial charge in [-0.1, -0.05) is 34.8 Å². The lowest BCUT2D eigenvalue weighted by molar-refractivity contribution is 0.0528. The van der Waals surface area contributed by atoms with E-state index in [4.69, 9.17) is 45.2 Å². The van der Waals surface area contributed by atoms with E-state index in [-0.39, 0.29) is 20.6 Å². The van der Waals surface area contributed by atoms with Gasteiger partial charge in [-0.3, -0.25) is 0 Å². The van der Waals surface area contributed by atoms with Crippen LogP contribution in [-0.4, -0.2) is 16.3 Å². The van der Waals surface area contributed by atoms with Crippen LogP contribution in [0.4, 0.5) is 0 Å². The molecule has 3 nitrogen and oxygen atoms in total. The van der Waals surface area contributed by atoms with Crippen LogP contribution in [0.2, 0.25) is 15.1 Å². The van der Waals surface area contributed by atoms with Crippen LogP contribution in [0.1, 0.15) is 11.7 Å². The van der Waals surface area contributed by atoms with Gasteiger partial charge in [0.2, 0.25) is 0 Å². The first-order valence-electron chi connectivity index (χ1n) is 3.87. The van der Waals surface area contributed by atoms with Crippen molar-refractivity contribution in [3.63, 3.8) is 0 Å². The van der Waals surface area contributed by atoms with Gasteiger partial charge in [0.25, 0.3) is 0 Å². The second kappa shape index (κ2) is 5.02. The molecule has 1 rings (SSSR count). The zero-order valence-corrected chi connectivity index (χ0v) is 9.55. The molecule has 2 atom stereocenters. The molecule has 1 aromatic rings. The lowest BCUT2D eigenvalue weighted by atomic mass is 10.1. The summed E-state index contributed by atoms with van der Waals surface area (Å²) in [6.45, 7) is 0. The highest BCUT2D eigenvalue weighted by molar-refractivity contribution is 6.48. The van der Waals surface area contributed by atoms with Crippen LogP contribution in [0.15, 0.2) is 12.1 Å². The highest BCUT2D eigenvalue weighted by Crippen LogP contribution is 2.33. The van der Waals surface area contributed by atoms with Crippen molar-refractivity contribution >= 4 is 34.8 Å². The van der Waals surface area contributed by atoms with Gasteiger partial charge >= 0.3 is 0 Å². The second-order valence-electron chi connectivity index (χ2n) is 2.82. The topological polar surface area (TPSA) is 64.2 Å². The van der Waals surface area contributed by atoms with E-state index in [1.54, 1.807) is 0 Å². The number of benzene rings is 1. The Bertz CT molecular complexity index is 393. The Morgan fingerprint density at radius 2 is 1.60 bits per heavy atom. The summed E-state index contributed by atoms with van der Waals surface area (Å²) in [7, 11) is 0. The molecule has 2 N–H and O–H groups in total. The van der Waals surface area contributed by atoms with Gasteiger partial charge in [-0.2, -0.15) is 5.26 Å². The molecule has 80 valence electrons. The molecule has 6 heteroatoms. The summed E-state index contributed by atoms with van der Waals surface area (Å²) in [5.41, 5.74) is 0.239. The van der Waals surface area contributed by atoms with Gasteiger partial charge in [0, 0.05) is 0 Å². The van der Waals surface area contributed by atoms with Crippen LogP contribution in [0, 0.1) is 11.3 Å². The van der Waals surface area contributed by atoms with Crippen LogP contribution in [0.25, 0.3) is 0 Å². The summed E-state index contributed by atoms with van der Waals surface area (Å²) in [6, 6.07) is 4.20. The van der Waals surface area contributed by atoms with Crippen molar-refractivity contribution in [2.45, 2.75) is 12.2 Å². The fourth-order valence-corrected chi connectivity index (χ4v) is 1.61. The third-order valence-electron chi connectivity index (χ3n) is 1.78.